The van der Waals surface area contributed by atoms with E-state index in [1.54, 1.807) is 39.5 Å². The zero-order valence-electron chi connectivity index (χ0n) is 20.9. The van der Waals surface area contributed by atoms with Crippen LogP contribution in [0.3, 0.4) is 0 Å². The number of benzene rings is 2. The number of hydrogen-bond acceptors (Lipinski definition) is 7. The molecule has 0 aliphatic carbocycles. The lowest BCUT2D eigenvalue weighted by Crippen LogP contribution is -2.44. The number of pyridine rings is 1. The molecule has 0 atom stereocenters. The predicted octanol–water partition coefficient (Wildman–Crippen LogP) is 3.97. The van der Waals surface area contributed by atoms with Crippen molar-refractivity contribution in [3.63, 3.8) is 0 Å². The van der Waals surface area contributed by atoms with Crippen molar-refractivity contribution in [3.05, 3.63) is 53.6 Å². The van der Waals surface area contributed by atoms with Gasteiger partial charge >= 0.3 is 0 Å². The summed E-state index contributed by atoms with van der Waals surface area (Å²) in [7, 11) is 6.81. The molecule has 0 spiro atoms. The Morgan fingerprint density at radius 3 is 2.29 bits per heavy atom. The topological polar surface area (TPSA) is 76.2 Å². The van der Waals surface area contributed by atoms with Crippen LogP contribution in [0.2, 0.25) is 0 Å². The Hall–Kier alpha value is -3.78. The maximum Gasteiger partial charge on any atom is 0.248 e. The van der Waals surface area contributed by atoms with E-state index < -0.39 is 0 Å². The number of anilines is 2. The molecule has 1 saturated heterocycles. The van der Waals surface area contributed by atoms with E-state index in [-0.39, 0.29) is 5.91 Å². The van der Waals surface area contributed by atoms with Crippen LogP contribution in [0, 0.1) is 6.92 Å². The van der Waals surface area contributed by atoms with Gasteiger partial charge in [-0.25, -0.2) is 4.98 Å². The van der Waals surface area contributed by atoms with E-state index in [9.17, 15) is 4.79 Å². The van der Waals surface area contributed by atoms with Gasteiger partial charge in [0.1, 0.15) is 5.82 Å². The third kappa shape index (κ3) is 5.49. The van der Waals surface area contributed by atoms with Crippen molar-refractivity contribution in [1.29, 1.82) is 0 Å². The van der Waals surface area contributed by atoms with E-state index in [0.717, 1.165) is 54.0 Å². The highest BCUT2D eigenvalue weighted by Crippen LogP contribution is 2.38. The fourth-order valence-electron chi connectivity index (χ4n) is 4.21. The van der Waals surface area contributed by atoms with Crippen LogP contribution in [0.4, 0.5) is 11.5 Å². The van der Waals surface area contributed by atoms with Crippen LogP contribution < -0.4 is 24.4 Å². The minimum atomic E-state index is -0.238. The summed E-state index contributed by atoms with van der Waals surface area (Å²) in [6, 6.07) is 11.5. The van der Waals surface area contributed by atoms with E-state index in [2.05, 4.69) is 35.2 Å². The molecule has 4 rings (SSSR count). The van der Waals surface area contributed by atoms with Crippen molar-refractivity contribution < 1.29 is 19.0 Å². The smallest absolute Gasteiger partial charge is 0.248 e. The summed E-state index contributed by atoms with van der Waals surface area (Å²) in [5.74, 6) is 2.33. The Morgan fingerprint density at radius 1 is 0.971 bits per heavy atom. The van der Waals surface area contributed by atoms with Gasteiger partial charge < -0.3 is 29.3 Å². The van der Waals surface area contributed by atoms with Crippen LogP contribution in [0.15, 0.2) is 42.5 Å². The molecule has 3 aromatic rings. The van der Waals surface area contributed by atoms with Crippen LogP contribution >= 0.6 is 0 Å². The first-order chi connectivity index (χ1) is 16.9. The Morgan fingerprint density at radius 2 is 1.66 bits per heavy atom. The van der Waals surface area contributed by atoms with Gasteiger partial charge in [0.25, 0.3) is 0 Å². The second-order valence-corrected chi connectivity index (χ2v) is 8.60. The molecule has 1 amide bonds. The number of rotatable bonds is 7. The molecule has 8 heteroatoms. The molecule has 8 nitrogen and oxygen atoms in total. The number of nitrogens with zero attached hydrogens (tertiary/aromatic N) is 3. The number of carbonyl (C=O) groups excluding carboxylic acids is 1. The fraction of sp³-hybridized carbons (Fsp3) is 0.333. The van der Waals surface area contributed by atoms with Crippen LogP contribution in [0.25, 0.3) is 17.0 Å². The molecule has 2 aromatic carbocycles. The van der Waals surface area contributed by atoms with Crippen molar-refractivity contribution in [3.8, 4) is 17.2 Å². The van der Waals surface area contributed by atoms with Gasteiger partial charge in [0.2, 0.25) is 11.7 Å². The highest BCUT2D eigenvalue weighted by molar-refractivity contribution is 6.03. The molecule has 184 valence electrons. The second kappa shape index (κ2) is 10.7. The Labute approximate surface area is 206 Å². The van der Waals surface area contributed by atoms with Crippen molar-refractivity contribution in [1.82, 2.24) is 9.88 Å². The first-order valence-electron chi connectivity index (χ1n) is 11.6. The summed E-state index contributed by atoms with van der Waals surface area (Å²) >= 11 is 0. The van der Waals surface area contributed by atoms with Gasteiger partial charge in [-0.3, -0.25) is 4.79 Å². The summed E-state index contributed by atoms with van der Waals surface area (Å²) in [6.07, 6.45) is 3.18. The average Bonchev–Trinajstić information content (AvgIpc) is 2.87. The Kier molecular flexibility index (Phi) is 7.41. The Bertz CT molecular complexity index is 1220. The second-order valence-electron chi connectivity index (χ2n) is 8.60. The van der Waals surface area contributed by atoms with Gasteiger partial charge in [-0.05, 0) is 67.6 Å². The van der Waals surface area contributed by atoms with Gasteiger partial charge in [0.15, 0.2) is 11.5 Å². The summed E-state index contributed by atoms with van der Waals surface area (Å²) in [6.45, 7) is 6.10. The number of hydrogen-bond donors (Lipinski definition) is 1. The third-order valence-electron chi connectivity index (χ3n) is 6.21. The molecule has 1 aliphatic heterocycles. The molecule has 1 fully saturated rings. The van der Waals surface area contributed by atoms with E-state index in [4.69, 9.17) is 19.2 Å². The standard InChI is InChI=1S/C27H32N4O4/c1-18-14-25(31-12-10-30(2)11-13-31)29-22-8-7-20(17-21(18)22)28-26(32)9-6-19-15-23(33-3)27(35-5)24(16-19)34-4/h6-9,14-17H,10-13H2,1-5H3,(H,28,32)/b9-6-. The van der Waals surface area contributed by atoms with E-state index in [1.807, 2.05) is 18.2 Å². The minimum Gasteiger partial charge on any atom is -0.493 e. The summed E-state index contributed by atoms with van der Waals surface area (Å²) in [4.78, 5) is 22.1. The first kappa shape index (κ1) is 24.3. The van der Waals surface area contributed by atoms with Crippen LogP contribution in [0.1, 0.15) is 11.1 Å². The summed E-state index contributed by atoms with van der Waals surface area (Å²) < 4.78 is 16.1. The lowest BCUT2D eigenvalue weighted by atomic mass is 10.1. The van der Waals surface area contributed by atoms with Gasteiger partial charge in [-0.2, -0.15) is 0 Å². The largest absolute Gasteiger partial charge is 0.493 e. The number of nitrogens with one attached hydrogen (secondary N) is 1. The molecule has 35 heavy (non-hydrogen) atoms. The molecule has 1 aromatic heterocycles. The third-order valence-corrected chi connectivity index (χ3v) is 6.21. The normalized spacial score (nSPS) is 14.4. The zero-order valence-corrected chi connectivity index (χ0v) is 20.9. The van der Waals surface area contributed by atoms with E-state index in [0.29, 0.717) is 22.9 Å². The monoisotopic (exact) mass is 476 g/mol. The maximum absolute atomic E-state index is 12.6. The number of amides is 1. The quantitative estimate of drug-likeness (QED) is 0.517. The molecular weight excluding hydrogens is 444 g/mol. The molecule has 0 radical (unpaired) electrons. The molecule has 0 saturated carbocycles. The van der Waals surface area contributed by atoms with Crippen molar-refractivity contribution in [2.24, 2.45) is 0 Å². The SMILES string of the molecule is COc1cc(/C=C\C(=O)Nc2ccc3nc(N4CCN(C)CC4)cc(C)c3c2)cc(OC)c1OC. The number of carbonyl (C=O) groups is 1. The van der Waals surface area contributed by atoms with Crippen molar-refractivity contribution >= 4 is 34.4 Å². The summed E-state index contributed by atoms with van der Waals surface area (Å²) in [5, 5.41) is 3.96. The average molecular weight is 477 g/mol. The van der Waals surface area contributed by atoms with Crippen molar-refractivity contribution in [2.75, 3.05) is 64.8 Å². The lowest BCUT2D eigenvalue weighted by Gasteiger charge is -2.33. The Balaban J connectivity index is 1.49. The van der Waals surface area contributed by atoms with Gasteiger partial charge in [0.05, 0.1) is 26.8 Å². The van der Waals surface area contributed by atoms with Crippen molar-refractivity contribution in [2.45, 2.75) is 6.92 Å². The number of piperazine rings is 1. The van der Waals surface area contributed by atoms with Crippen LogP contribution in [-0.2, 0) is 4.79 Å². The first-order valence-corrected chi connectivity index (χ1v) is 11.6. The number of ether oxygens (including phenoxy) is 3. The number of likely N-dealkylation sites (N-methyl/N-ethyl adjacent to an activating group) is 1. The number of aryl methyl sites for hydroxylation is 1. The predicted molar refractivity (Wildman–Crippen MR) is 140 cm³/mol. The molecule has 0 bridgehead atoms. The molecule has 2 heterocycles. The lowest BCUT2D eigenvalue weighted by molar-refractivity contribution is -0.111. The van der Waals surface area contributed by atoms with Gasteiger partial charge in [-0.1, -0.05) is 0 Å². The molecule has 0 unspecified atom stereocenters. The number of aromatic nitrogens is 1. The van der Waals surface area contributed by atoms with Gasteiger partial charge in [-0.15, -0.1) is 0 Å². The molecule has 1 aliphatic rings. The van der Waals surface area contributed by atoms with Crippen LogP contribution in [-0.4, -0.2) is 70.3 Å². The van der Waals surface area contributed by atoms with E-state index in [1.165, 1.54) is 6.08 Å². The highest BCUT2D eigenvalue weighted by Gasteiger charge is 2.17. The highest BCUT2D eigenvalue weighted by atomic mass is 16.5. The van der Waals surface area contributed by atoms with Gasteiger partial charge in [0, 0.05) is 43.3 Å². The molecular formula is C27H32N4O4. The zero-order chi connectivity index (χ0) is 24.9. The number of fused-ring (bicyclic) bond motifs is 1. The fourth-order valence-corrected chi connectivity index (χ4v) is 4.21. The van der Waals surface area contributed by atoms with E-state index >= 15 is 0 Å². The minimum absolute atomic E-state index is 0.238. The van der Waals surface area contributed by atoms with Crippen LogP contribution in [0.5, 0.6) is 17.2 Å². The summed E-state index contributed by atoms with van der Waals surface area (Å²) in [5.41, 5.74) is 3.52. The number of methoxy groups -OCH3 is 3. The molecule has 1 N–H and O–H groups in total. The maximum atomic E-state index is 12.6.